The number of benzene rings is 5. The summed E-state index contributed by atoms with van der Waals surface area (Å²) in [7, 11) is 0. The van der Waals surface area contributed by atoms with Gasteiger partial charge in [0.2, 0.25) is 6.08 Å². The van der Waals surface area contributed by atoms with E-state index in [1.165, 1.54) is 60.4 Å². The number of nitrogens with zero attached hydrogens (tertiary/aromatic N) is 4. The molecular formula is C51H48ClF13N8O5. The highest BCUT2D eigenvalue weighted by atomic mass is 35.5. The van der Waals surface area contributed by atoms with E-state index in [0.29, 0.717) is 18.8 Å². The summed E-state index contributed by atoms with van der Waals surface area (Å²) in [5.41, 5.74) is -2.43. The first kappa shape index (κ1) is 63.0. The molecule has 8 rings (SSSR count). The van der Waals surface area contributed by atoms with Crippen molar-refractivity contribution in [1.82, 2.24) is 25.3 Å². The fraction of sp³-hybridized carbons (Fsp3) is 0.314. The summed E-state index contributed by atoms with van der Waals surface area (Å²) >= 11 is 4.93. The number of nitrogens with one attached hydrogen (secondary N) is 4. The number of hydrogen-bond donors (Lipinski definition) is 4. The van der Waals surface area contributed by atoms with E-state index in [2.05, 4.69) is 26.3 Å². The molecular weight excluding hydrogens is 1090 g/mol. The molecule has 0 spiro atoms. The Morgan fingerprint density at radius 1 is 0.487 bits per heavy atom. The highest BCUT2D eigenvalue weighted by molar-refractivity contribution is 6.67. The van der Waals surface area contributed by atoms with Crippen molar-refractivity contribution in [1.29, 1.82) is 0 Å². The van der Waals surface area contributed by atoms with Crippen LogP contribution in [0.25, 0.3) is 0 Å². The number of piperazine rings is 2. The van der Waals surface area contributed by atoms with Gasteiger partial charge in [0.25, 0.3) is 11.1 Å². The molecule has 27 heteroatoms. The van der Waals surface area contributed by atoms with Gasteiger partial charge in [-0.25, -0.2) is 31.9 Å². The fourth-order valence-electron chi connectivity index (χ4n) is 6.93. The Bertz CT molecular complexity index is 2790. The monoisotopic (exact) mass is 1130 g/mol. The maximum atomic E-state index is 13.8. The zero-order valence-electron chi connectivity index (χ0n) is 40.7. The molecule has 0 atom stereocenters. The standard InChI is InChI=1S/C19H16F5N3O2.C12H14F3N3O.C8H4F3NO.C7H3ClF2O.C5H11N/c20-13-3-6-16(21)15(11-13)17(28)26-7-9-27(10-8-26)18(29)25-14-4-1-12(2-5-14)19(22,23)24;13-12(14,15)9-1-3-10(4-2-9)17-11(19)18-7-5-16-6-8-18;9-8(10,11)6-1-3-7(4-2-6)12-5-13;8-7(11)5-3-4(9)1-2-6(5)10;1-2-4-6-5-3-1/h1-6,11H,7-10H2,(H,25,29);1-4,16H,5-8H2,(H,17,19);1-4H;1-3H;6H,1-5H2. The Balaban J connectivity index is 0.000000230. The lowest BCUT2D eigenvalue weighted by atomic mass is 10.1. The molecule has 0 saturated carbocycles. The van der Waals surface area contributed by atoms with Gasteiger partial charge in [-0.3, -0.25) is 9.59 Å². The fourth-order valence-corrected chi connectivity index (χ4v) is 7.07. The second-order valence-electron chi connectivity index (χ2n) is 16.6. The second kappa shape index (κ2) is 29.8. The van der Waals surface area contributed by atoms with E-state index in [4.69, 9.17) is 11.6 Å². The molecule has 4 N–H and O–H groups in total. The summed E-state index contributed by atoms with van der Waals surface area (Å²) in [6.07, 6.45) is -7.73. The van der Waals surface area contributed by atoms with Crippen molar-refractivity contribution in [3.8, 4) is 0 Å². The van der Waals surface area contributed by atoms with E-state index < -0.39 is 81.2 Å². The van der Waals surface area contributed by atoms with Gasteiger partial charge in [0.15, 0.2) is 0 Å². The molecule has 0 bridgehead atoms. The first-order valence-electron chi connectivity index (χ1n) is 23.3. The molecule has 0 radical (unpaired) electrons. The van der Waals surface area contributed by atoms with E-state index in [9.17, 15) is 81.0 Å². The van der Waals surface area contributed by atoms with Gasteiger partial charge in [0, 0.05) is 63.7 Å². The molecule has 5 aromatic carbocycles. The van der Waals surface area contributed by atoms with Crippen LogP contribution in [0.3, 0.4) is 0 Å². The zero-order valence-corrected chi connectivity index (χ0v) is 41.5. The Labute approximate surface area is 442 Å². The minimum atomic E-state index is -4.47. The van der Waals surface area contributed by atoms with E-state index in [-0.39, 0.29) is 49.1 Å². The molecule has 13 nitrogen and oxygen atoms in total. The van der Waals surface area contributed by atoms with Crippen LogP contribution >= 0.6 is 11.6 Å². The number of urea groups is 2. The maximum absolute atomic E-state index is 13.8. The average Bonchev–Trinajstić information content (AvgIpc) is 3.41. The topological polar surface area (TPSA) is 156 Å². The van der Waals surface area contributed by atoms with Crippen molar-refractivity contribution in [2.45, 2.75) is 37.8 Å². The Morgan fingerprint density at radius 2 is 0.859 bits per heavy atom. The van der Waals surface area contributed by atoms with Gasteiger partial charge < -0.3 is 36.0 Å². The number of rotatable bonds is 5. The number of anilines is 2. The van der Waals surface area contributed by atoms with Gasteiger partial charge in [0.05, 0.1) is 33.5 Å². The molecule has 3 fully saturated rings. The third kappa shape index (κ3) is 21.1. The Kier molecular flexibility index (Phi) is 24.1. The van der Waals surface area contributed by atoms with Crippen molar-refractivity contribution in [3.63, 3.8) is 0 Å². The van der Waals surface area contributed by atoms with Crippen LogP contribution in [0.15, 0.2) is 114 Å². The highest BCUT2D eigenvalue weighted by Gasteiger charge is 2.32. The van der Waals surface area contributed by atoms with Crippen LogP contribution in [0, 0.1) is 23.3 Å². The number of piperidine rings is 1. The van der Waals surface area contributed by atoms with Crippen molar-refractivity contribution >= 4 is 58.0 Å². The number of alkyl halides is 9. The second-order valence-corrected chi connectivity index (χ2v) is 17.0. The van der Waals surface area contributed by atoms with Gasteiger partial charge in [-0.15, -0.1) is 0 Å². The largest absolute Gasteiger partial charge is 0.416 e. The SMILES string of the molecule is C1CCNCC1.O=C(Cl)c1cc(F)ccc1F.O=C(Nc1ccc(C(F)(F)F)cc1)N1CCN(C(=O)c2cc(F)ccc2F)CC1.O=C(Nc1ccc(C(F)(F)F)cc1)N1CCNCC1.O=C=Nc1ccc(C(F)(F)F)cc1. The normalized spacial score (nSPS) is 14.4. The quantitative estimate of drug-likeness (QED) is 0.0591. The molecule has 3 aliphatic rings. The van der Waals surface area contributed by atoms with Crippen LogP contribution in [0.2, 0.25) is 0 Å². The highest BCUT2D eigenvalue weighted by Crippen LogP contribution is 2.32. The molecule has 0 aliphatic carbocycles. The van der Waals surface area contributed by atoms with Crippen molar-refractivity contribution in [3.05, 3.63) is 160 Å². The predicted octanol–water partition coefficient (Wildman–Crippen LogP) is 11.9. The first-order chi connectivity index (χ1) is 36.8. The third-order valence-corrected chi connectivity index (χ3v) is 11.3. The minimum absolute atomic E-state index is 0.106. The summed E-state index contributed by atoms with van der Waals surface area (Å²) in [6, 6.07) is 16.7. The molecule has 3 saturated heterocycles. The number of amides is 5. The lowest BCUT2D eigenvalue weighted by Crippen LogP contribution is -2.51. The van der Waals surface area contributed by atoms with Gasteiger partial charge in [-0.1, -0.05) is 6.42 Å². The Hall–Kier alpha value is -7.54. The number of aliphatic imine (C=N–C) groups is 1. The summed E-state index contributed by atoms with van der Waals surface area (Å²) in [6.45, 7) is 5.61. The van der Waals surface area contributed by atoms with Crippen LogP contribution in [0.1, 0.15) is 56.7 Å². The number of carbonyl (C=O) groups is 4. The zero-order chi connectivity index (χ0) is 57.6. The number of carbonyl (C=O) groups excluding carboxylic acids is 5. The smallest absolute Gasteiger partial charge is 0.335 e. The summed E-state index contributed by atoms with van der Waals surface area (Å²) in [5.74, 6) is -3.74. The minimum Gasteiger partial charge on any atom is -0.335 e. The van der Waals surface area contributed by atoms with E-state index >= 15 is 0 Å². The maximum Gasteiger partial charge on any atom is 0.416 e. The van der Waals surface area contributed by atoms with Crippen LogP contribution in [-0.2, 0) is 23.3 Å². The average molecular weight is 1140 g/mol. The van der Waals surface area contributed by atoms with Crippen LogP contribution < -0.4 is 21.3 Å². The molecule has 3 heterocycles. The van der Waals surface area contributed by atoms with E-state index in [1.807, 2.05) is 0 Å². The van der Waals surface area contributed by atoms with Crippen molar-refractivity contribution < 1.29 is 81.0 Å². The Morgan fingerprint density at radius 3 is 1.22 bits per heavy atom. The van der Waals surface area contributed by atoms with E-state index in [0.717, 1.165) is 110 Å². The van der Waals surface area contributed by atoms with Crippen molar-refractivity contribution in [2.75, 3.05) is 76.1 Å². The number of halogens is 14. The van der Waals surface area contributed by atoms with Crippen LogP contribution in [0.5, 0.6) is 0 Å². The molecule has 5 amide bonds. The van der Waals surface area contributed by atoms with Gasteiger partial charge in [-0.2, -0.15) is 44.5 Å². The lowest BCUT2D eigenvalue weighted by molar-refractivity contribution is -0.138. The summed E-state index contributed by atoms with van der Waals surface area (Å²) < 4.78 is 163. The molecule has 420 valence electrons. The van der Waals surface area contributed by atoms with Gasteiger partial charge in [-0.05, 0) is 147 Å². The van der Waals surface area contributed by atoms with Gasteiger partial charge in [0.1, 0.15) is 23.3 Å². The van der Waals surface area contributed by atoms with Gasteiger partial charge >= 0.3 is 30.6 Å². The predicted molar refractivity (Wildman–Crippen MR) is 262 cm³/mol. The van der Waals surface area contributed by atoms with Crippen molar-refractivity contribution in [2.24, 2.45) is 4.99 Å². The molecule has 3 aliphatic heterocycles. The molecule has 0 aromatic heterocycles. The summed E-state index contributed by atoms with van der Waals surface area (Å²) in [5, 5.41) is 10.5. The third-order valence-electron chi connectivity index (χ3n) is 11.1. The lowest BCUT2D eigenvalue weighted by Gasteiger charge is -2.34. The molecule has 5 aromatic rings. The summed E-state index contributed by atoms with van der Waals surface area (Å²) in [4.78, 5) is 64.0. The molecule has 78 heavy (non-hydrogen) atoms. The number of hydrogen-bond acceptors (Lipinski definition) is 8. The first-order valence-corrected chi connectivity index (χ1v) is 23.7. The van der Waals surface area contributed by atoms with Crippen LogP contribution in [-0.4, -0.2) is 109 Å². The van der Waals surface area contributed by atoms with Crippen LogP contribution in [0.4, 0.5) is 83.7 Å². The van der Waals surface area contributed by atoms with E-state index in [1.54, 1.807) is 4.90 Å². The molecule has 0 unspecified atom stereocenters. The number of isocyanates is 1.